The molecular weight excluding hydrogens is 364 g/mol. The van der Waals surface area contributed by atoms with Gasteiger partial charge in [-0.3, -0.25) is 0 Å². The molecule has 1 N–H and O–H groups in total. The van der Waals surface area contributed by atoms with Crippen LogP contribution in [0.25, 0.3) is 0 Å². The summed E-state index contributed by atoms with van der Waals surface area (Å²) in [6.45, 7) is 6.71. The van der Waals surface area contributed by atoms with Crippen LogP contribution in [0.5, 0.6) is 5.75 Å². The first-order chi connectivity index (χ1) is 14.4. The van der Waals surface area contributed by atoms with Crippen molar-refractivity contribution in [2.24, 2.45) is 0 Å². The first-order valence-electron chi connectivity index (χ1n) is 10.3. The maximum absolute atomic E-state index is 9.63. The molecule has 0 saturated heterocycles. The third kappa shape index (κ3) is 3.52. The monoisotopic (exact) mass is 390 g/mol. The smallest absolute Gasteiger partial charge is 0.115 e. The first-order valence-corrected chi connectivity index (χ1v) is 10.3. The highest BCUT2D eigenvalue weighted by Gasteiger charge is 2.31. The van der Waals surface area contributed by atoms with Crippen LogP contribution in [0.1, 0.15) is 48.6 Å². The van der Waals surface area contributed by atoms with E-state index in [1.165, 1.54) is 27.8 Å². The van der Waals surface area contributed by atoms with E-state index in [0.717, 1.165) is 0 Å². The molecular formula is C29H26O. The van der Waals surface area contributed by atoms with Crippen LogP contribution in [0.15, 0.2) is 97.1 Å². The summed E-state index contributed by atoms with van der Waals surface area (Å²) in [6, 6.07) is 39.2. The van der Waals surface area contributed by atoms with Gasteiger partial charge in [-0.1, -0.05) is 98.8 Å². The molecule has 1 nitrogen and oxygen atoms in total. The Balaban J connectivity index is 1.78. The Morgan fingerprint density at radius 2 is 0.833 bits per heavy atom. The summed E-state index contributed by atoms with van der Waals surface area (Å²) >= 11 is 0. The molecule has 4 aromatic carbocycles. The van der Waals surface area contributed by atoms with E-state index in [9.17, 15) is 5.11 Å². The second kappa shape index (κ2) is 7.84. The minimum atomic E-state index is -0.272. The Morgan fingerprint density at radius 1 is 0.500 bits per heavy atom. The van der Waals surface area contributed by atoms with Crippen molar-refractivity contribution in [2.45, 2.75) is 31.6 Å². The molecule has 0 aliphatic carbocycles. The number of benzene rings is 4. The maximum Gasteiger partial charge on any atom is 0.115 e. The molecule has 30 heavy (non-hydrogen) atoms. The zero-order valence-electron chi connectivity index (χ0n) is 17.7. The van der Waals surface area contributed by atoms with Crippen molar-refractivity contribution in [3.05, 3.63) is 137 Å². The van der Waals surface area contributed by atoms with Crippen LogP contribution in [0.3, 0.4) is 0 Å². The molecule has 0 spiro atoms. The topological polar surface area (TPSA) is 20.2 Å². The van der Waals surface area contributed by atoms with E-state index in [-0.39, 0.29) is 10.8 Å². The zero-order valence-corrected chi connectivity index (χ0v) is 17.7. The van der Waals surface area contributed by atoms with Gasteiger partial charge in [0.15, 0.2) is 0 Å². The number of hydrogen-bond donors (Lipinski definition) is 1. The van der Waals surface area contributed by atoms with Crippen LogP contribution in [0.4, 0.5) is 0 Å². The van der Waals surface area contributed by atoms with E-state index in [1.54, 1.807) is 12.1 Å². The highest BCUT2D eigenvalue weighted by molar-refractivity contribution is 5.51. The fraction of sp³-hybridized carbons (Fsp3) is 0.172. The van der Waals surface area contributed by atoms with Gasteiger partial charge >= 0.3 is 0 Å². The number of phenolic OH excluding ortho intramolecular Hbond substituents is 1. The lowest BCUT2D eigenvalue weighted by Gasteiger charge is -2.33. The fourth-order valence-corrected chi connectivity index (χ4v) is 4.21. The molecule has 0 fully saturated rings. The van der Waals surface area contributed by atoms with Crippen LogP contribution < -0.4 is 0 Å². The number of hydrogen-bond acceptors (Lipinski definition) is 1. The van der Waals surface area contributed by atoms with Crippen molar-refractivity contribution < 1.29 is 5.11 Å². The van der Waals surface area contributed by atoms with E-state index in [2.05, 4.69) is 81.4 Å². The van der Waals surface area contributed by atoms with Gasteiger partial charge in [0.2, 0.25) is 0 Å². The standard InChI is InChI=1S/C29H26O/c1-28(2,23-18-20-27(30)21-19-23)22-14-16-26(17-15-22)29(3,24-10-6-4-7-11-24)25-12-8-5-9-13-25/h6-21,30H,1-3H3. The van der Waals surface area contributed by atoms with Crippen molar-refractivity contribution in [1.82, 2.24) is 0 Å². The Hall–Kier alpha value is -3.32. The SMILES string of the molecule is CC(C)(c1ccc(O)cc1)c1ccc(C(C)(c2cc[c]cc2)c2cc[c]cc2)cc1. The summed E-state index contributed by atoms with van der Waals surface area (Å²) in [7, 11) is 0. The average Bonchev–Trinajstić information content (AvgIpc) is 2.80. The summed E-state index contributed by atoms with van der Waals surface area (Å²) in [5, 5.41) is 9.63. The van der Waals surface area contributed by atoms with Crippen LogP contribution in [-0.4, -0.2) is 5.11 Å². The minimum absolute atomic E-state index is 0.161. The van der Waals surface area contributed by atoms with Crippen LogP contribution >= 0.6 is 0 Å². The van der Waals surface area contributed by atoms with Crippen molar-refractivity contribution >= 4 is 0 Å². The molecule has 0 heterocycles. The third-order valence-electron chi connectivity index (χ3n) is 6.36. The lowest BCUT2D eigenvalue weighted by Crippen LogP contribution is -2.26. The summed E-state index contributed by atoms with van der Waals surface area (Å²) < 4.78 is 0. The maximum atomic E-state index is 9.63. The van der Waals surface area contributed by atoms with Gasteiger partial charge in [-0.25, -0.2) is 0 Å². The summed E-state index contributed by atoms with van der Waals surface area (Å²) in [6.07, 6.45) is 0. The molecule has 0 atom stereocenters. The van der Waals surface area contributed by atoms with E-state index in [4.69, 9.17) is 0 Å². The molecule has 148 valence electrons. The summed E-state index contributed by atoms with van der Waals surface area (Å²) in [4.78, 5) is 0. The molecule has 0 aliphatic heterocycles. The highest BCUT2D eigenvalue weighted by Crippen LogP contribution is 2.40. The van der Waals surface area contributed by atoms with Gasteiger partial charge in [-0.15, -0.1) is 0 Å². The molecule has 4 aromatic rings. The second-order valence-corrected chi connectivity index (χ2v) is 8.45. The Bertz CT molecular complexity index is 1050. The van der Waals surface area contributed by atoms with Gasteiger partial charge in [-0.2, -0.15) is 0 Å². The summed E-state index contributed by atoms with van der Waals surface area (Å²) in [5.74, 6) is 0.292. The van der Waals surface area contributed by atoms with Gasteiger partial charge < -0.3 is 5.11 Å². The zero-order chi connectivity index (χ0) is 21.2. The Labute approximate surface area is 179 Å². The quantitative estimate of drug-likeness (QED) is 0.377. The van der Waals surface area contributed by atoms with Crippen molar-refractivity contribution in [3.63, 3.8) is 0 Å². The number of aromatic hydroxyl groups is 1. The molecule has 0 aliphatic rings. The normalized spacial score (nSPS) is 12.0. The van der Waals surface area contributed by atoms with Gasteiger partial charge in [0.1, 0.15) is 5.75 Å². The van der Waals surface area contributed by atoms with Gasteiger partial charge in [0.25, 0.3) is 0 Å². The van der Waals surface area contributed by atoms with Crippen LogP contribution in [-0.2, 0) is 10.8 Å². The highest BCUT2D eigenvalue weighted by atomic mass is 16.3. The minimum Gasteiger partial charge on any atom is -0.508 e. The van der Waals surface area contributed by atoms with Crippen molar-refractivity contribution in [3.8, 4) is 5.75 Å². The third-order valence-corrected chi connectivity index (χ3v) is 6.36. The van der Waals surface area contributed by atoms with E-state index >= 15 is 0 Å². The van der Waals surface area contributed by atoms with Crippen molar-refractivity contribution in [1.29, 1.82) is 0 Å². The molecule has 0 saturated carbocycles. The Morgan fingerprint density at radius 3 is 1.27 bits per heavy atom. The molecule has 2 radical (unpaired) electrons. The number of phenols is 1. The van der Waals surface area contributed by atoms with Gasteiger partial charge in [0.05, 0.1) is 0 Å². The lowest BCUT2D eigenvalue weighted by molar-refractivity contribution is 0.474. The van der Waals surface area contributed by atoms with Crippen LogP contribution in [0.2, 0.25) is 0 Å². The average molecular weight is 391 g/mol. The van der Waals surface area contributed by atoms with Crippen molar-refractivity contribution in [2.75, 3.05) is 0 Å². The fourth-order valence-electron chi connectivity index (χ4n) is 4.21. The second-order valence-electron chi connectivity index (χ2n) is 8.45. The largest absolute Gasteiger partial charge is 0.508 e. The Kier molecular flexibility index (Phi) is 5.22. The van der Waals surface area contributed by atoms with E-state index < -0.39 is 0 Å². The van der Waals surface area contributed by atoms with Crippen LogP contribution in [0, 0.1) is 12.1 Å². The van der Waals surface area contributed by atoms with Gasteiger partial charge in [-0.05, 0) is 59.0 Å². The lowest BCUT2D eigenvalue weighted by atomic mass is 9.70. The molecule has 1 heteroatoms. The molecule has 0 aromatic heterocycles. The molecule has 4 rings (SSSR count). The molecule has 0 unspecified atom stereocenters. The molecule has 0 amide bonds. The van der Waals surface area contributed by atoms with E-state index in [1.807, 2.05) is 36.4 Å². The molecule has 0 bridgehead atoms. The predicted octanol–water partition coefficient (Wildman–Crippen LogP) is 6.67. The predicted molar refractivity (Wildman–Crippen MR) is 123 cm³/mol. The first kappa shape index (κ1) is 20.0. The summed E-state index contributed by atoms with van der Waals surface area (Å²) in [5.41, 5.74) is 5.69. The number of rotatable bonds is 5. The van der Waals surface area contributed by atoms with Gasteiger partial charge in [0, 0.05) is 10.8 Å². The van der Waals surface area contributed by atoms with E-state index in [0.29, 0.717) is 5.75 Å².